The van der Waals surface area contributed by atoms with E-state index >= 15 is 0 Å². The van der Waals surface area contributed by atoms with E-state index in [0.717, 1.165) is 45.2 Å². The zero-order valence-corrected chi connectivity index (χ0v) is 12.0. The number of nitrogens with one attached hydrogen (secondary N) is 1. The van der Waals surface area contributed by atoms with Crippen LogP contribution in [0.4, 0.5) is 0 Å². The molecule has 0 aliphatic carbocycles. The Bertz CT molecular complexity index is 267. The van der Waals surface area contributed by atoms with Crippen LogP contribution in [0, 0.1) is 0 Å². The summed E-state index contributed by atoms with van der Waals surface area (Å²) in [6, 6.07) is 0.262. The highest BCUT2D eigenvalue weighted by molar-refractivity contribution is 5.78. The molecular weight excluding hydrogens is 228 g/mol. The molecule has 0 aromatic carbocycles. The summed E-state index contributed by atoms with van der Waals surface area (Å²) in [5.41, 5.74) is -0.555. The smallest absolute Gasteiger partial charge is 0.234 e. The van der Waals surface area contributed by atoms with Crippen molar-refractivity contribution < 1.29 is 9.90 Å². The van der Waals surface area contributed by atoms with Crippen LogP contribution in [0.25, 0.3) is 0 Å². The fraction of sp³-hybridized carbons (Fsp3) is 0.929. The number of aliphatic hydroxyl groups is 1. The van der Waals surface area contributed by atoms with E-state index in [9.17, 15) is 9.90 Å². The van der Waals surface area contributed by atoms with Crippen LogP contribution in [0.1, 0.15) is 52.9 Å². The van der Waals surface area contributed by atoms with Crippen molar-refractivity contribution in [1.29, 1.82) is 0 Å². The van der Waals surface area contributed by atoms with Crippen molar-refractivity contribution in [2.24, 2.45) is 0 Å². The van der Waals surface area contributed by atoms with E-state index < -0.39 is 5.60 Å². The zero-order chi connectivity index (χ0) is 13.6. The third-order valence-electron chi connectivity index (χ3n) is 3.65. The Morgan fingerprint density at radius 2 is 2.17 bits per heavy atom. The third kappa shape index (κ3) is 5.83. The van der Waals surface area contributed by atoms with E-state index in [4.69, 9.17) is 0 Å². The van der Waals surface area contributed by atoms with Gasteiger partial charge in [-0.05, 0) is 46.1 Å². The summed E-state index contributed by atoms with van der Waals surface area (Å²) in [7, 11) is 0. The lowest BCUT2D eigenvalue weighted by Crippen LogP contribution is -2.41. The van der Waals surface area contributed by atoms with E-state index in [1.807, 2.05) is 6.92 Å². The average molecular weight is 256 g/mol. The first kappa shape index (κ1) is 15.4. The van der Waals surface area contributed by atoms with Gasteiger partial charge in [0.25, 0.3) is 0 Å². The van der Waals surface area contributed by atoms with Crippen molar-refractivity contribution >= 4 is 5.91 Å². The molecule has 0 saturated carbocycles. The number of amides is 1. The summed E-state index contributed by atoms with van der Waals surface area (Å²) < 4.78 is 0. The number of rotatable bonds is 5. The number of nitrogens with zero attached hydrogens (tertiary/aromatic N) is 1. The molecule has 1 amide bonds. The predicted octanol–water partition coefficient (Wildman–Crippen LogP) is 1.53. The molecule has 106 valence electrons. The third-order valence-corrected chi connectivity index (χ3v) is 3.65. The minimum absolute atomic E-state index is 0.109. The zero-order valence-electron chi connectivity index (χ0n) is 12.0. The summed E-state index contributed by atoms with van der Waals surface area (Å²) in [6.45, 7) is 8.24. The van der Waals surface area contributed by atoms with Crippen LogP contribution in [-0.2, 0) is 4.79 Å². The second kappa shape index (κ2) is 7.10. The molecule has 1 heterocycles. The van der Waals surface area contributed by atoms with Gasteiger partial charge in [0.05, 0.1) is 12.1 Å². The maximum absolute atomic E-state index is 11.9. The highest BCUT2D eigenvalue weighted by Crippen LogP contribution is 2.20. The Kier molecular flexibility index (Phi) is 6.09. The lowest BCUT2D eigenvalue weighted by Gasteiger charge is -2.22. The van der Waals surface area contributed by atoms with E-state index in [0.29, 0.717) is 6.54 Å². The van der Waals surface area contributed by atoms with E-state index in [-0.39, 0.29) is 11.9 Å². The molecule has 4 heteroatoms. The van der Waals surface area contributed by atoms with Gasteiger partial charge >= 0.3 is 0 Å². The van der Waals surface area contributed by atoms with Crippen molar-refractivity contribution in [3.05, 3.63) is 0 Å². The van der Waals surface area contributed by atoms with Crippen LogP contribution in [0.15, 0.2) is 0 Å². The van der Waals surface area contributed by atoms with Gasteiger partial charge in [0.2, 0.25) is 5.91 Å². The summed E-state index contributed by atoms with van der Waals surface area (Å²) in [6.07, 6.45) is 4.67. The van der Waals surface area contributed by atoms with Gasteiger partial charge in [0.15, 0.2) is 0 Å². The number of hydrogen-bond acceptors (Lipinski definition) is 3. The molecule has 1 fully saturated rings. The second-order valence-electron chi connectivity index (χ2n) is 5.88. The predicted molar refractivity (Wildman–Crippen MR) is 73.4 cm³/mol. The molecule has 0 aromatic heterocycles. The summed E-state index contributed by atoms with van der Waals surface area (Å²) in [5, 5.41) is 13.0. The summed E-state index contributed by atoms with van der Waals surface area (Å²) in [4.78, 5) is 14.0. The number of likely N-dealkylation sites (tertiary alicyclic amines) is 1. The molecule has 0 aromatic rings. The Labute approximate surface area is 111 Å². The first-order chi connectivity index (χ1) is 8.43. The quantitative estimate of drug-likeness (QED) is 0.784. The van der Waals surface area contributed by atoms with Crippen molar-refractivity contribution in [3.8, 4) is 0 Å². The van der Waals surface area contributed by atoms with Gasteiger partial charge in [-0.25, -0.2) is 0 Å². The molecule has 2 unspecified atom stereocenters. The molecule has 2 N–H and O–H groups in total. The molecule has 2 atom stereocenters. The number of hydrogen-bond donors (Lipinski definition) is 2. The van der Waals surface area contributed by atoms with Crippen molar-refractivity contribution in [1.82, 2.24) is 10.2 Å². The maximum Gasteiger partial charge on any atom is 0.234 e. The van der Waals surface area contributed by atoms with Crippen LogP contribution >= 0.6 is 0 Å². The van der Waals surface area contributed by atoms with Gasteiger partial charge in [-0.15, -0.1) is 0 Å². The highest BCUT2D eigenvalue weighted by Gasteiger charge is 2.25. The molecule has 1 saturated heterocycles. The molecule has 18 heavy (non-hydrogen) atoms. The normalized spacial score (nSPS) is 27.6. The molecule has 0 bridgehead atoms. The van der Waals surface area contributed by atoms with Crippen molar-refractivity contribution in [2.45, 2.75) is 64.5 Å². The Morgan fingerprint density at radius 1 is 1.44 bits per heavy atom. The molecule has 1 aliphatic rings. The lowest BCUT2D eigenvalue weighted by atomic mass is 9.98. The molecule has 0 radical (unpaired) electrons. The molecule has 4 nitrogen and oxygen atoms in total. The van der Waals surface area contributed by atoms with E-state index in [1.54, 1.807) is 0 Å². The summed E-state index contributed by atoms with van der Waals surface area (Å²) >= 11 is 0. The minimum Gasteiger partial charge on any atom is -0.390 e. The maximum atomic E-state index is 11.9. The van der Waals surface area contributed by atoms with Crippen molar-refractivity contribution in [2.75, 3.05) is 19.6 Å². The Hall–Kier alpha value is -0.610. The van der Waals surface area contributed by atoms with Crippen LogP contribution in [0.2, 0.25) is 0 Å². The van der Waals surface area contributed by atoms with Gasteiger partial charge in [0.1, 0.15) is 0 Å². The number of carbonyl (C=O) groups excluding carboxylic acids is 1. The van der Waals surface area contributed by atoms with Crippen LogP contribution in [0.3, 0.4) is 0 Å². The van der Waals surface area contributed by atoms with E-state index in [2.05, 4.69) is 24.1 Å². The standard InChI is InChI=1S/C14H28N2O2/c1-4-6-12(2)15-13(17)11-16-9-5-7-14(3,18)8-10-16/h12,18H,4-11H2,1-3H3,(H,15,17). The summed E-state index contributed by atoms with van der Waals surface area (Å²) in [5.74, 6) is 0.109. The van der Waals surface area contributed by atoms with Gasteiger partial charge in [-0.1, -0.05) is 13.3 Å². The number of carbonyl (C=O) groups is 1. The van der Waals surface area contributed by atoms with Crippen LogP contribution < -0.4 is 5.32 Å². The first-order valence-corrected chi connectivity index (χ1v) is 7.17. The second-order valence-corrected chi connectivity index (χ2v) is 5.88. The first-order valence-electron chi connectivity index (χ1n) is 7.17. The van der Waals surface area contributed by atoms with Gasteiger partial charge in [-0.3, -0.25) is 9.69 Å². The molecule has 1 aliphatic heterocycles. The minimum atomic E-state index is -0.555. The fourth-order valence-electron chi connectivity index (χ4n) is 2.51. The molecule has 1 rings (SSSR count). The Balaban J connectivity index is 2.31. The van der Waals surface area contributed by atoms with Gasteiger partial charge in [0, 0.05) is 12.6 Å². The Morgan fingerprint density at radius 3 is 2.83 bits per heavy atom. The topological polar surface area (TPSA) is 52.6 Å². The van der Waals surface area contributed by atoms with Crippen LogP contribution in [-0.4, -0.2) is 47.2 Å². The molecule has 0 spiro atoms. The van der Waals surface area contributed by atoms with Crippen molar-refractivity contribution in [3.63, 3.8) is 0 Å². The van der Waals surface area contributed by atoms with Gasteiger partial charge < -0.3 is 10.4 Å². The fourth-order valence-corrected chi connectivity index (χ4v) is 2.51. The SMILES string of the molecule is CCCC(C)NC(=O)CN1CCCC(C)(O)CC1. The van der Waals surface area contributed by atoms with Gasteiger partial charge in [-0.2, -0.15) is 0 Å². The largest absolute Gasteiger partial charge is 0.390 e. The van der Waals surface area contributed by atoms with Crippen LogP contribution in [0.5, 0.6) is 0 Å². The highest BCUT2D eigenvalue weighted by atomic mass is 16.3. The average Bonchev–Trinajstić information content (AvgIpc) is 2.40. The monoisotopic (exact) mass is 256 g/mol. The molecular formula is C14H28N2O2. The lowest BCUT2D eigenvalue weighted by molar-refractivity contribution is -0.122. The van der Waals surface area contributed by atoms with E-state index in [1.165, 1.54) is 0 Å².